The molecule has 0 atom stereocenters. The largest absolute Gasteiger partial charge is 2.00 e. The maximum absolute atomic E-state index is 8.52. The molecular weight excluding hydrogens is 243 g/mol. The molecule has 0 aromatic carbocycles. The van der Waals surface area contributed by atoms with E-state index in [9.17, 15) is 0 Å². The standard InChI is InChI=1S/H2O4S.6H2O.V/c1-5(2,3)4;;;;;;;/h(H2,1,2,3,4);6*1H2;/q;;;;;;;+2/p-2. The van der Waals surface area contributed by atoms with Crippen molar-refractivity contribution in [1.29, 1.82) is 0 Å². The van der Waals surface area contributed by atoms with Crippen molar-refractivity contribution in [2.45, 2.75) is 0 Å². The maximum Gasteiger partial charge on any atom is 2.00 e. The third-order valence-corrected chi connectivity index (χ3v) is 0. The van der Waals surface area contributed by atoms with Gasteiger partial charge in [-0.05, 0) is 0 Å². The van der Waals surface area contributed by atoms with Gasteiger partial charge in [0.25, 0.3) is 0 Å². The van der Waals surface area contributed by atoms with E-state index in [1.54, 1.807) is 0 Å². The van der Waals surface area contributed by atoms with Crippen LogP contribution in [-0.2, 0) is 29.0 Å². The zero-order valence-corrected chi connectivity index (χ0v) is 7.70. The summed E-state index contributed by atoms with van der Waals surface area (Å²) >= 11 is 0. The summed E-state index contributed by atoms with van der Waals surface area (Å²) in [7, 11) is -5.17. The smallest absolute Gasteiger partial charge is 0.759 e. The molecule has 1 radical (unpaired) electrons. The van der Waals surface area contributed by atoms with Crippen LogP contribution in [0.15, 0.2) is 0 Å². The normalized spacial score (nSPS) is 4.83. The summed E-state index contributed by atoms with van der Waals surface area (Å²) in [6.45, 7) is 0. The zero-order valence-electron chi connectivity index (χ0n) is 5.49. The van der Waals surface area contributed by atoms with Crippen molar-refractivity contribution >= 4 is 10.4 Å². The van der Waals surface area contributed by atoms with Gasteiger partial charge in [0.1, 0.15) is 0 Å². The summed E-state index contributed by atoms with van der Waals surface area (Å²) < 4.78 is 34.1. The average molecular weight is 255 g/mol. The Morgan fingerprint density at radius 1 is 0.667 bits per heavy atom. The molecule has 0 saturated heterocycles. The first-order chi connectivity index (χ1) is 2.00. The van der Waals surface area contributed by atoms with Crippen molar-refractivity contribution in [1.82, 2.24) is 0 Å². The molecule has 12 heavy (non-hydrogen) atoms. The van der Waals surface area contributed by atoms with E-state index in [-0.39, 0.29) is 51.4 Å². The average Bonchev–Trinajstić information content (AvgIpc) is 0.722. The molecular formula is H12O10SV. The molecule has 0 rings (SSSR count). The van der Waals surface area contributed by atoms with Crippen molar-refractivity contribution in [3.05, 3.63) is 0 Å². The molecule has 0 unspecified atom stereocenters. The Morgan fingerprint density at radius 3 is 0.667 bits per heavy atom. The summed E-state index contributed by atoms with van der Waals surface area (Å²) in [6.07, 6.45) is 0. The maximum atomic E-state index is 8.52. The Kier molecular flexibility index (Phi) is 218. The molecule has 0 aliphatic carbocycles. The molecule has 0 saturated carbocycles. The van der Waals surface area contributed by atoms with Gasteiger partial charge in [0, 0.05) is 10.4 Å². The Labute approximate surface area is 79.9 Å². The molecule has 0 aliphatic rings. The van der Waals surface area contributed by atoms with Gasteiger partial charge < -0.3 is 42.0 Å². The van der Waals surface area contributed by atoms with Crippen LogP contribution in [-0.4, -0.2) is 50.4 Å². The van der Waals surface area contributed by atoms with E-state index in [1.165, 1.54) is 0 Å². The topological polar surface area (TPSA) is 269 Å². The van der Waals surface area contributed by atoms with Gasteiger partial charge in [0.15, 0.2) is 0 Å². The molecule has 0 heterocycles. The zero-order chi connectivity index (χ0) is 4.50. The van der Waals surface area contributed by atoms with E-state index < -0.39 is 10.4 Å². The van der Waals surface area contributed by atoms with Crippen LogP contribution in [0.2, 0.25) is 0 Å². The first-order valence-electron chi connectivity index (χ1n) is 0.667. The number of hydrogen-bond donors (Lipinski definition) is 0. The first kappa shape index (κ1) is 86.5. The Bertz CT molecular complexity index is 93.0. The minimum atomic E-state index is -5.17. The van der Waals surface area contributed by atoms with Gasteiger partial charge in [0.05, 0.1) is 0 Å². The molecule has 0 bridgehead atoms. The molecule has 12 heteroatoms. The second-order valence-electron chi connectivity index (χ2n) is 0.408. The van der Waals surface area contributed by atoms with Gasteiger partial charge >= 0.3 is 18.6 Å². The van der Waals surface area contributed by atoms with Gasteiger partial charge in [0.2, 0.25) is 0 Å². The van der Waals surface area contributed by atoms with Gasteiger partial charge in [-0.25, -0.2) is 0 Å². The SMILES string of the molecule is O.O.O.O.O.O.O=S(=O)([O-])[O-].[V+2]. The van der Waals surface area contributed by atoms with Crippen molar-refractivity contribution in [3.63, 3.8) is 0 Å². The fourth-order valence-electron chi connectivity index (χ4n) is 0. The summed E-state index contributed by atoms with van der Waals surface area (Å²) in [5, 5.41) is 0. The van der Waals surface area contributed by atoms with Crippen LogP contribution in [0.25, 0.3) is 0 Å². The van der Waals surface area contributed by atoms with Crippen LogP contribution in [0, 0.1) is 0 Å². The van der Waals surface area contributed by atoms with E-state index >= 15 is 0 Å². The van der Waals surface area contributed by atoms with Gasteiger partial charge in [-0.15, -0.1) is 0 Å². The molecule has 0 fully saturated rings. The van der Waals surface area contributed by atoms with Crippen molar-refractivity contribution < 1.29 is 68.9 Å². The fourth-order valence-corrected chi connectivity index (χ4v) is 0. The third kappa shape index (κ3) is 18900. The third-order valence-electron chi connectivity index (χ3n) is 0. The van der Waals surface area contributed by atoms with Crippen LogP contribution >= 0.6 is 0 Å². The van der Waals surface area contributed by atoms with Crippen molar-refractivity contribution in [2.75, 3.05) is 0 Å². The molecule has 0 amide bonds. The summed E-state index contributed by atoms with van der Waals surface area (Å²) in [6, 6.07) is 0. The van der Waals surface area contributed by atoms with Crippen LogP contribution in [0.5, 0.6) is 0 Å². The van der Waals surface area contributed by atoms with Crippen LogP contribution in [0.3, 0.4) is 0 Å². The van der Waals surface area contributed by atoms with E-state index in [2.05, 4.69) is 0 Å². The number of hydrogen-bond acceptors (Lipinski definition) is 4. The predicted molar refractivity (Wildman–Crippen MR) is 32.2 cm³/mol. The molecule has 12 N–H and O–H groups in total. The summed E-state index contributed by atoms with van der Waals surface area (Å²) in [5.41, 5.74) is 0. The summed E-state index contributed by atoms with van der Waals surface area (Å²) in [4.78, 5) is 0. The fraction of sp³-hybridized carbons (Fsp3) is 0. The quantitative estimate of drug-likeness (QED) is 0.301. The molecule has 0 aromatic heterocycles. The van der Waals surface area contributed by atoms with Crippen molar-refractivity contribution in [3.8, 4) is 0 Å². The van der Waals surface area contributed by atoms with E-state index in [0.29, 0.717) is 0 Å². The van der Waals surface area contributed by atoms with E-state index in [1.807, 2.05) is 0 Å². The van der Waals surface area contributed by atoms with Gasteiger partial charge in [-0.1, -0.05) is 0 Å². The minimum Gasteiger partial charge on any atom is -0.759 e. The van der Waals surface area contributed by atoms with Crippen LogP contribution in [0.1, 0.15) is 0 Å². The predicted octanol–water partition coefficient (Wildman–Crippen LogP) is -6.29. The van der Waals surface area contributed by atoms with Crippen LogP contribution in [0.4, 0.5) is 0 Å². The minimum absolute atomic E-state index is 0. The monoisotopic (exact) mass is 255 g/mol. The van der Waals surface area contributed by atoms with Crippen LogP contribution < -0.4 is 0 Å². The van der Waals surface area contributed by atoms with E-state index in [4.69, 9.17) is 17.5 Å². The van der Waals surface area contributed by atoms with E-state index in [0.717, 1.165) is 0 Å². The molecule has 0 aliphatic heterocycles. The van der Waals surface area contributed by atoms with Gasteiger partial charge in [-0.3, -0.25) is 8.42 Å². The number of rotatable bonds is 0. The second-order valence-corrected chi connectivity index (χ2v) is 1.22. The Hall–Kier alpha value is 0.214. The summed E-state index contributed by atoms with van der Waals surface area (Å²) in [5.74, 6) is 0. The van der Waals surface area contributed by atoms with Crippen molar-refractivity contribution in [2.24, 2.45) is 0 Å². The molecule has 83 valence electrons. The van der Waals surface area contributed by atoms with Gasteiger partial charge in [-0.2, -0.15) is 0 Å². The molecule has 0 spiro atoms. The Balaban J connectivity index is -0.00000000381. The molecule has 0 aromatic rings. The Morgan fingerprint density at radius 2 is 0.667 bits per heavy atom. The molecule has 10 nitrogen and oxygen atoms in total. The first-order valence-corrected chi connectivity index (χ1v) is 2.00. The second kappa shape index (κ2) is 30.3.